The van der Waals surface area contributed by atoms with E-state index in [0.29, 0.717) is 18.8 Å². The molecule has 35 heavy (non-hydrogen) atoms. The molecule has 0 spiro atoms. The fourth-order valence-corrected chi connectivity index (χ4v) is 6.12. The van der Waals surface area contributed by atoms with Crippen molar-refractivity contribution in [3.63, 3.8) is 0 Å². The van der Waals surface area contributed by atoms with E-state index in [1.165, 1.54) is 18.4 Å². The zero-order valence-corrected chi connectivity index (χ0v) is 21.3. The van der Waals surface area contributed by atoms with Crippen molar-refractivity contribution in [2.75, 3.05) is 6.54 Å². The van der Waals surface area contributed by atoms with Gasteiger partial charge < -0.3 is 14.8 Å². The molecule has 1 atom stereocenters. The van der Waals surface area contributed by atoms with Crippen LogP contribution in [0.3, 0.4) is 0 Å². The van der Waals surface area contributed by atoms with Crippen LogP contribution in [0.15, 0.2) is 54.1 Å². The number of carbonyl (C=O) groups excluding carboxylic acids is 2. The van der Waals surface area contributed by atoms with Crippen molar-refractivity contribution in [3.8, 4) is 11.3 Å². The highest BCUT2D eigenvalue weighted by atomic mass is 16.2. The fourth-order valence-electron chi connectivity index (χ4n) is 6.12. The predicted molar refractivity (Wildman–Crippen MR) is 140 cm³/mol. The van der Waals surface area contributed by atoms with Gasteiger partial charge in [0.1, 0.15) is 11.2 Å². The number of hydrogen-bond donors (Lipinski definition) is 1. The molecule has 5 rings (SSSR count). The quantitative estimate of drug-likeness (QED) is 0.527. The lowest BCUT2D eigenvalue weighted by molar-refractivity contribution is -0.133. The minimum atomic E-state index is -0.926. The topological polar surface area (TPSA) is 54.3 Å². The smallest absolute Gasteiger partial charge is 0.271 e. The van der Waals surface area contributed by atoms with E-state index >= 15 is 0 Å². The van der Waals surface area contributed by atoms with E-state index in [0.717, 1.165) is 62.1 Å². The molecule has 1 unspecified atom stereocenters. The van der Waals surface area contributed by atoms with Crippen molar-refractivity contribution < 1.29 is 9.59 Å². The lowest BCUT2D eigenvalue weighted by Gasteiger charge is -2.45. The third kappa shape index (κ3) is 4.82. The highest BCUT2D eigenvalue weighted by molar-refractivity contribution is 6.00. The largest absolute Gasteiger partial charge is 0.351 e. The highest BCUT2D eigenvalue weighted by Crippen LogP contribution is 2.34. The monoisotopic (exact) mass is 473 g/mol. The van der Waals surface area contributed by atoms with E-state index < -0.39 is 5.54 Å². The average Bonchev–Trinajstić information content (AvgIpc) is 3.30. The number of hydrogen-bond acceptors (Lipinski definition) is 2. The van der Waals surface area contributed by atoms with Crippen LogP contribution in [0.2, 0.25) is 0 Å². The van der Waals surface area contributed by atoms with Crippen LogP contribution in [0.4, 0.5) is 0 Å². The minimum absolute atomic E-state index is 0.0126. The van der Waals surface area contributed by atoms with Crippen molar-refractivity contribution in [2.24, 2.45) is 5.92 Å². The molecule has 2 aromatic rings. The highest BCUT2D eigenvalue weighted by Gasteiger charge is 2.48. The van der Waals surface area contributed by atoms with Gasteiger partial charge in [-0.1, -0.05) is 48.9 Å². The third-order valence-corrected chi connectivity index (χ3v) is 8.46. The maximum absolute atomic E-state index is 13.9. The first kappa shape index (κ1) is 23.9. The molecule has 0 radical (unpaired) electrons. The van der Waals surface area contributed by atoms with Gasteiger partial charge in [-0.2, -0.15) is 0 Å². The first-order chi connectivity index (χ1) is 17.0. The second kappa shape index (κ2) is 10.0. The summed E-state index contributed by atoms with van der Waals surface area (Å²) >= 11 is 0. The van der Waals surface area contributed by atoms with E-state index in [4.69, 9.17) is 0 Å². The Hall–Kier alpha value is -2.82. The molecule has 3 aliphatic rings. The summed E-state index contributed by atoms with van der Waals surface area (Å²) in [6.07, 6.45) is 12.3. The molecular formula is C30H39N3O2. The summed E-state index contributed by atoms with van der Waals surface area (Å²) in [4.78, 5) is 29.7. The van der Waals surface area contributed by atoms with Gasteiger partial charge in [0.15, 0.2) is 0 Å². The predicted octanol–water partition coefficient (Wildman–Crippen LogP) is 5.96. The van der Waals surface area contributed by atoms with Crippen LogP contribution in [0.25, 0.3) is 11.3 Å². The van der Waals surface area contributed by atoms with E-state index in [2.05, 4.69) is 35.0 Å². The first-order valence-corrected chi connectivity index (χ1v) is 13.5. The van der Waals surface area contributed by atoms with Crippen molar-refractivity contribution in [1.82, 2.24) is 14.8 Å². The number of nitrogens with one attached hydrogen (secondary N) is 1. The number of nitrogens with zero attached hydrogens (tertiary/aromatic N) is 2. The summed E-state index contributed by atoms with van der Waals surface area (Å²) in [5, 5.41) is 3.36. The fraction of sp³-hybridized carbons (Fsp3) is 0.533. The number of aromatic nitrogens is 1. The Morgan fingerprint density at radius 2 is 1.77 bits per heavy atom. The van der Waals surface area contributed by atoms with E-state index in [9.17, 15) is 9.59 Å². The van der Waals surface area contributed by atoms with Gasteiger partial charge in [0.25, 0.3) is 5.91 Å². The van der Waals surface area contributed by atoms with Crippen molar-refractivity contribution in [3.05, 3.63) is 59.8 Å². The summed E-state index contributed by atoms with van der Waals surface area (Å²) < 4.78 is 2.07. The molecule has 2 aliphatic carbocycles. The van der Waals surface area contributed by atoms with Crippen LogP contribution >= 0.6 is 0 Å². The zero-order valence-electron chi connectivity index (χ0n) is 21.3. The first-order valence-electron chi connectivity index (χ1n) is 13.5. The van der Waals surface area contributed by atoms with Crippen LogP contribution in [0.5, 0.6) is 0 Å². The number of amides is 2. The van der Waals surface area contributed by atoms with E-state index in [1.54, 1.807) is 0 Å². The maximum atomic E-state index is 13.9. The Morgan fingerprint density at radius 3 is 2.49 bits per heavy atom. The second-order valence-corrected chi connectivity index (χ2v) is 11.1. The molecule has 0 bridgehead atoms. The molecule has 2 heterocycles. The summed E-state index contributed by atoms with van der Waals surface area (Å²) in [6.45, 7) is 5.32. The standard InChI is InChI=1S/C30H39N3O2/c1-22-13-15-25(16-14-22)31-29(35)30(2)21-32-26(24-11-7-4-8-12-24)17-18-27(32)28(34)33(30)20-19-23-9-5-3-6-10-23/h4,7-9,11-12,17-18,22,25H,3,5-6,10,13-16,19-21H2,1-2H3,(H,31,35). The lowest BCUT2D eigenvalue weighted by Crippen LogP contribution is -2.65. The molecule has 5 heteroatoms. The van der Waals surface area contributed by atoms with Crippen molar-refractivity contribution >= 4 is 11.8 Å². The van der Waals surface area contributed by atoms with Gasteiger partial charge in [0, 0.05) is 18.3 Å². The molecule has 1 aromatic carbocycles. The molecule has 1 saturated carbocycles. The Bertz CT molecular complexity index is 1090. The number of rotatable bonds is 6. The van der Waals surface area contributed by atoms with Crippen LogP contribution in [0.1, 0.15) is 82.1 Å². The van der Waals surface area contributed by atoms with Crippen LogP contribution < -0.4 is 5.32 Å². The van der Waals surface area contributed by atoms with Gasteiger partial charge in [0.05, 0.1) is 6.54 Å². The normalized spacial score (nSPS) is 26.7. The summed E-state index contributed by atoms with van der Waals surface area (Å²) in [5.74, 6) is 0.678. The van der Waals surface area contributed by atoms with Gasteiger partial charge >= 0.3 is 0 Å². The van der Waals surface area contributed by atoms with Crippen molar-refractivity contribution in [2.45, 2.75) is 89.8 Å². The summed E-state index contributed by atoms with van der Waals surface area (Å²) in [7, 11) is 0. The molecule has 1 aliphatic heterocycles. The minimum Gasteiger partial charge on any atom is -0.351 e. The van der Waals surface area contributed by atoms with E-state index in [1.807, 2.05) is 42.2 Å². The van der Waals surface area contributed by atoms with Gasteiger partial charge in [0.2, 0.25) is 5.91 Å². The Labute approximate surface area is 209 Å². The molecule has 186 valence electrons. The van der Waals surface area contributed by atoms with Gasteiger partial charge in [-0.25, -0.2) is 0 Å². The molecule has 1 aromatic heterocycles. The summed E-state index contributed by atoms with van der Waals surface area (Å²) in [6, 6.07) is 14.3. The number of fused-ring (bicyclic) bond motifs is 1. The molecule has 5 nitrogen and oxygen atoms in total. The second-order valence-electron chi connectivity index (χ2n) is 11.1. The van der Waals surface area contributed by atoms with Crippen LogP contribution in [-0.4, -0.2) is 39.4 Å². The molecule has 1 N–H and O–H groups in total. The number of carbonyl (C=O) groups is 2. The Balaban J connectivity index is 1.45. The lowest BCUT2D eigenvalue weighted by atomic mass is 9.86. The van der Waals surface area contributed by atoms with Crippen molar-refractivity contribution in [1.29, 1.82) is 0 Å². The molecule has 2 amide bonds. The molecule has 0 saturated heterocycles. The maximum Gasteiger partial charge on any atom is 0.271 e. The summed E-state index contributed by atoms with van der Waals surface area (Å²) in [5.41, 5.74) is 3.24. The van der Waals surface area contributed by atoms with Gasteiger partial charge in [-0.05, 0) is 88.3 Å². The zero-order chi connectivity index (χ0) is 24.4. The Kier molecular flexibility index (Phi) is 6.86. The van der Waals surface area contributed by atoms with Gasteiger partial charge in [-0.15, -0.1) is 0 Å². The molecule has 1 fully saturated rings. The third-order valence-electron chi connectivity index (χ3n) is 8.46. The van der Waals surface area contributed by atoms with Gasteiger partial charge in [-0.3, -0.25) is 9.59 Å². The number of allylic oxidation sites excluding steroid dienone is 1. The SMILES string of the molecule is CC1CCC(NC(=O)C2(C)Cn3c(ccc3-c3ccccc3)C(=O)N2CCC2=CCCCC2)CC1. The van der Waals surface area contributed by atoms with E-state index in [-0.39, 0.29) is 17.9 Å². The van der Waals surface area contributed by atoms with Crippen LogP contribution in [0, 0.1) is 5.92 Å². The number of benzene rings is 1. The van der Waals surface area contributed by atoms with Crippen LogP contribution in [-0.2, 0) is 11.3 Å². The molecular weight excluding hydrogens is 434 g/mol. The Morgan fingerprint density at radius 1 is 1.03 bits per heavy atom. The average molecular weight is 474 g/mol.